The van der Waals surface area contributed by atoms with Crippen molar-refractivity contribution in [2.45, 2.75) is 19.4 Å². The molecule has 3 heteroatoms. The summed E-state index contributed by atoms with van der Waals surface area (Å²) in [6, 6.07) is 20.0. The van der Waals surface area contributed by atoms with E-state index in [1.54, 1.807) is 0 Å². The van der Waals surface area contributed by atoms with Crippen molar-refractivity contribution in [2.24, 2.45) is 0 Å². The van der Waals surface area contributed by atoms with Gasteiger partial charge in [0.1, 0.15) is 0 Å². The molecule has 0 spiro atoms. The van der Waals surface area contributed by atoms with Crippen LogP contribution >= 0.6 is 12.4 Å². The molecule has 1 N–H and O–H groups in total. The van der Waals surface area contributed by atoms with Gasteiger partial charge in [0.2, 0.25) is 0 Å². The monoisotopic (exact) mass is 289 g/mol. The summed E-state index contributed by atoms with van der Waals surface area (Å²) in [6.45, 7) is 2.81. The van der Waals surface area contributed by atoms with E-state index >= 15 is 0 Å². The summed E-state index contributed by atoms with van der Waals surface area (Å²) in [6.07, 6.45) is 0.529. The second-order valence-corrected chi connectivity index (χ2v) is 4.63. The first-order valence-corrected chi connectivity index (χ1v) is 6.64. The lowest BCUT2D eigenvalue weighted by atomic mass is 10.1. The van der Waals surface area contributed by atoms with Crippen LogP contribution in [-0.2, 0) is 0 Å². The van der Waals surface area contributed by atoms with Gasteiger partial charge in [0.05, 0.1) is 0 Å². The third-order valence-corrected chi connectivity index (χ3v) is 3.20. The number of halogens is 1. The van der Waals surface area contributed by atoms with E-state index in [4.69, 9.17) is 0 Å². The average Bonchev–Trinajstić information content (AvgIpc) is 2.49. The fraction of sp³-hybridized carbons (Fsp3) is 0.235. The average molecular weight is 290 g/mol. The van der Waals surface area contributed by atoms with Gasteiger partial charge in [-0.25, -0.2) is 0 Å². The van der Waals surface area contributed by atoms with Crippen molar-refractivity contribution in [1.82, 2.24) is 5.32 Å². The highest BCUT2D eigenvalue weighted by atomic mass is 35.5. The van der Waals surface area contributed by atoms with E-state index in [0.717, 1.165) is 5.56 Å². The SMILES string of the molecule is C[C@@H](NCCC(=O)c1ccccc1)c1ccccc1.Cl. The standard InChI is InChI=1S/C17H19NO.ClH/c1-14(15-8-4-2-5-9-15)18-13-12-17(19)16-10-6-3-7-11-16;/h2-11,14,18H,12-13H2,1H3;1H/t14-;/m1./s1. The molecule has 2 nitrogen and oxygen atoms in total. The van der Waals surface area contributed by atoms with Gasteiger partial charge in [0.15, 0.2) is 5.78 Å². The number of hydrogen-bond acceptors (Lipinski definition) is 2. The Morgan fingerprint density at radius 3 is 2.15 bits per heavy atom. The van der Waals surface area contributed by atoms with Gasteiger partial charge in [-0.3, -0.25) is 4.79 Å². The zero-order valence-corrected chi connectivity index (χ0v) is 12.4. The first-order valence-electron chi connectivity index (χ1n) is 6.64. The van der Waals surface area contributed by atoms with Crippen LogP contribution in [0.4, 0.5) is 0 Å². The van der Waals surface area contributed by atoms with Crippen molar-refractivity contribution in [3.05, 3.63) is 71.8 Å². The lowest BCUT2D eigenvalue weighted by molar-refractivity contribution is 0.0982. The fourth-order valence-electron chi connectivity index (χ4n) is 2.03. The van der Waals surface area contributed by atoms with E-state index in [2.05, 4.69) is 24.4 Å². The van der Waals surface area contributed by atoms with Crippen LogP contribution in [0.5, 0.6) is 0 Å². The maximum atomic E-state index is 11.9. The van der Waals surface area contributed by atoms with Crippen molar-refractivity contribution in [3.8, 4) is 0 Å². The number of carbonyl (C=O) groups excluding carboxylic acids is 1. The molecule has 2 aromatic rings. The summed E-state index contributed by atoms with van der Waals surface area (Å²) in [5.41, 5.74) is 2.03. The highest BCUT2D eigenvalue weighted by molar-refractivity contribution is 5.96. The smallest absolute Gasteiger partial charge is 0.164 e. The molecule has 0 aliphatic heterocycles. The molecule has 0 aliphatic rings. The van der Waals surface area contributed by atoms with Crippen molar-refractivity contribution < 1.29 is 4.79 Å². The van der Waals surface area contributed by atoms with Gasteiger partial charge in [-0.2, -0.15) is 0 Å². The van der Waals surface area contributed by atoms with E-state index in [9.17, 15) is 4.79 Å². The minimum absolute atomic E-state index is 0. The topological polar surface area (TPSA) is 29.1 Å². The van der Waals surface area contributed by atoms with Crippen LogP contribution in [0.1, 0.15) is 35.3 Å². The van der Waals surface area contributed by atoms with Gasteiger partial charge in [0.25, 0.3) is 0 Å². The van der Waals surface area contributed by atoms with E-state index in [1.807, 2.05) is 48.5 Å². The number of hydrogen-bond donors (Lipinski definition) is 1. The Balaban J connectivity index is 0.00000200. The Labute approximate surface area is 126 Å². The van der Waals surface area contributed by atoms with Crippen molar-refractivity contribution in [3.63, 3.8) is 0 Å². The largest absolute Gasteiger partial charge is 0.310 e. The van der Waals surface area contributed by atoms with Gasteiger partial charge >= 0.3 is 0 Å². The minimum Gasteiger partial charge on any atom is -0.310 e. The molecule has 0 heterocycles. The number of benzene rings is 2. The summed E-state index contributed by atoms with van der Waals surface area (Å²) >= 11 is 0. The molecule has 1 atom stereocenters. The summed E-state index contributed by atoms with van der Waals surface area (Å²) in [4.78, 5) is 11.9. The summed E-state index contributed by atoms with van der Waals surface area (Å²) in [7, 11) is 0. The molecule has 0 radical (unpaired) electrons. The van der Waals surface area contributed by atoms with Crippen LogP contribution in [0.2, 0.25) is 0 Å². The van der Waals surface area contributed by atoms with Crippen LogP contribution in [0.3, 0.4) is 0 Å². The zero-order valence-electron chi connectivity index (χ0n) is 11.6. The molecule has 20 heavy (non-hydrogen) atoms. The molecule has 0 saturated carbocycles. The fourth-order valence-corrected chi connectivity index (χ4v) is 2.03. The lowest BCUT2D eigenvalue weighted by Gasteiger charge is -2.13. The maximum absolute atomic E-state index is 11.9. The highest BCUT2D eigenvalue weighted by Crippen LogP contribution is 2.11. The molecule has 0 aromatic heterocycles. The Morgan fingerprint density at radius 1 is 1.00 bits per heavy atom. The molecule has 0 fully saturated rings. The molecule has 2 rings (SSSR count). The quantitative estimate of drug-likeness (QED) is 0.814. The maximum Gasteiger partial charge on any atom is 0.164 e. The molecule has 2 aromatic carbocycles. The first kappa shape index (κ1) is 16.4. The van der Waals surface area contributed by atoms with Gasteiger partial charge in [-0.1, -0.05) is 60.7 Å². The van der Waals surface area contributed by atoms with Crippen LogP contribution in [-0.4, -0.2) is 12.3 Å². The van der Waals surface area contributed by atoms with Gasteiger partial charge in [-0.05, 0) is 12.5 Å². The number of ketones is 1. The molecular weight excluding hydrogens is 270 g/mol. The van der Waals surface area contributed by atoms with Gasteiger partial charge < -0.3 is 5.32 Å². The summed E-state index contributed by atoms with van der Waals surface area (Å²) < 4.78 is 0. The molecule has 106 valence electrons. The Morgan fingerprint density at radius 2 is 1.55 bits per heavy atom. The summed E-state index contributed by atoms with van der Waals surface area (Å²) in [5.74, 6) is 0.188. The second kappa shape index (κ2) is 8.51. The third kappa shape index (κ3) is 4.80. The minimum atomic E-state index is 0. The predicted molar refractivity (Wildman–Crippen MR) is 85.5 cm³/mol. The van der Waals surface area contributed by atoms with Crippen molar-refractivity contribution in [1.29, 1.82) is 0 Å². The van der Waals surface area contributed by atoms with Crippen LogP contribution in [0, 0.1) is 0 Å². The first-order chi connectivity index (χ1) is 9.27. The van der Waals surface area contributed by atoms with E-state index in [-0.39, 0.29) is 24.2 Å². The Bertz CT molecular complexity index is 513. The molecule has 0 unspecified atom stereocenters. The third-order valence-electron chi connectivity index (χ3n) is 3.20. The van der Waals surface area contributed by atoms with Crippen LogP contribution in [0.25, 0.3) is 0 Å². The van der Waals surface area contributed by atoms with E-state index in [0.29, 0.717) is 13.0 Å². The Hall–Kier alpha value is -1.64. The van der Waals surface area contributed by atoms with Gasteiger partial charge in [-0.15, -0.1) is 12.4 Å². The second-order valence-electron chi connectivity index (χ2n) is 4.63. The molecule has 0 aliphatic carbocycles. The van der Waals surface area contributed by atoms with E-state index in [1.165, 1.54) is 5.56 Å². The highest BCUT2D eigenvalue weighted by Gasteiger charge is 2.07. The zero-order chi connectivity index (χ0) is 13.5. The van der Waals surface area contributed by atoms with Crippen LogP contribution in [0.15, 0.2) is 60.7 Å². The molecule has 0 amide bonds. The van der Waals surface area contributed by atoms with Gasteiger partial charge in [0, 0.05) is 24.6 Å². The number of rotatable bonds is 6. The number of carbonyl (C=O) groups is 1. The number of nitrogens with one attached hydrogen (secondary N) is 1. The number of Topliss-reactive ketones (excluding diaryl/α,β-unsaturated/α-hetero) is 1. The van der Waals surface area contributed by atoms with Crippen molar-refractivity contribution in [2.75, 3.05) is 6.54 Å². The Kier molecular flexibility index (Phi) is 6.99. The lowest BCUT2D eigenvalue weighted by Crippen LogP contribution is -2.22. The summed E-state index contributed by atoms with van der Waals surface area (Å²) in [5, 5.41) is 3.38. The normalized spacial score (nSPS) is 11.4. The van der Waals surface area contributed by atoms with Crippen LogP contribution < -0.4 is 5.32 Å². The molecular formula is C17H20ClNO. The van der Waals surface area contributed by atoms with E-state index < -0.39 is 0 Å². The molecule has 0 saturated heterocycles. The predicted octanol–water partition coefficient (Wildman–Crippen LogP) is 4.03. The van der Waals surface area contributed by atoms with Crippen molar-refractivity contribution >= 4 is 18.2 Å². The molecule has 0 bridgehead atoms.